The third-order valence-corrected chi connectivity index (χ3v) is 4.23. The van der Waals surface area contributed by atoms with E-state index in [0.717, 1.165) is 25.6 Å². The van der Waals surface area contributed by atoms with Gasteiger partial charge in [0.15, 0.2) is 0 Å². The SMILES string of the molecule is CO.N#CC1(c2cnccn2)CC1.O=C(O)C1(c2cnccn2)CC1. The fraction of sp³-hybridized carbons (Fsp3) is 0.412. The number of nitrogens with zero attached hydrogens (tertiary/aromatic N) is 5. The molecule has 4 rings (SSSR count). The zero-order chi connectivity index (χ0) is 18.3. The number of aliphatic hydroxyl groups is 1. The first-order valence-electron chi connectivity index (χ1n) is 7.75. The average molecular weight is 341 g/mol. The van der Waals surface area contributed by atoms with Gasteiger partial charge in [-0.1, -0.05) is 0 Å². The second-order valence-corrected chi connectivity index (χ2v) is 5.76. The summed E-state index contributed by atoms with van der Waals surface area (Å²) in [5, 5.41) is 24.7. The molecule has 2 fully saturated rings. The quantitative estimate of drug-likeness (QED) is 0.851. The van der Waals surface area contributed by atoms with Gasteiger partial charge in [0.05, 0.1) is 17.5 Å². The van der Waals surface area contributed by atoms with Gasteiger partial charge >= 0.3 is 5.97 Å². The normalized spacial score (nSPS) is 17.5. The zero-order valence-electron chi connectivity index (χ0n) is 13.8. The van der Waals surface area contributed by atoms with Gasteiger partial charge in [0, 0.05) is 44.3 Å². The fourth-order valence-electron chi connectivity index (χ4n) is 2.35. The first kappa shape index (κ1) is 18.4. The molecule has 2 heterocycles. The molecule has 0 aliphatic heterocycles. The average Bonchev–Trinajstić information content (AvgIpc) is 3.60. The maximum atomic E-state index is 10.8. The molecule has 0 atom stereocenters. The molecular formula is C17H19N5O3. The number of hydrogen-bond donors (Lipinski definition) is 2. The van der Waals surface area contributed by atoms with Crippen LogP contribution < -0.4 is 0 Å². The summed E-state index contributed by atoms with van der Waals surface area (Å²) in [6.45, 7) is 0. The summed E-state index contributed by atoms with van der Waals surface area (Å²) in [4.78, 5) is 26.7. The molecule has 2 aromatic rings. The van der Waals surface area contributed by atoms with Crippen LogP contribution in [0.5, 0.6) is 0 Å². The van der Waals surface area contributed by atoms with E-state index < -0.39 is 11.4 Å². The Bertz CT molecular complexity index is 738. The number of aromatic nitrogens is 4. The Balaban J connectivity index is 0.000000165. The molecule has 2 saturated carbocycles. The predicted octanol–water partition coefficient (Wildman–Crippen LogP) is 1.23. The smallest absolute Gasteiger partial charge is 0.315 e. The number of carbonyl (C=O) groups is 1. The lowest BCUT2D eigenvalue weighted by atomic mass is 10.0. The summed E-state index contributed by atoms with van der Waals surface area (Å²) in [6.07, 6.45) is 12.8. The van der Waals surface area contributed by atoms with Gasteiger partial charge in [-0.3, -0.25) is 24.7 Å². The highest BCUT2D eigenvalue weighted by Gasteiger charge is 2.53. The van der Waals surface area contributed by atoms with Crippen molar-refractivity contribution in [3.63, 3.8) is 0 Å². The number of aliphatic carboxylic acids is 1. The third-order valence-electron chi connectivity index (χ3n) is 4.23. The maximum absolute atomic E-state index is 10.8. The van der Waals surface area contributed by atoms with Crippen molar-refractivity contribution < 1.29 is 15.0 Å². The van der Waals surface area contributed by atoms with Gasteiger partial charge in [-0.25, -0.2) is 0 Å². The monoisotopic (exact) mass is 341 g/mol. The molecule has 0 saturated heterocycles. The fourth-order valence-corrected chi connectivity index (χ4v) is 2.35. The summed E-state index contributed by atoms with van der Waals surface area (Å²) < 4.78 is 0. The summed E-state index contributed by atoms with van der Waals surface area (Å²) in [5.41, 5.74) is 0.405. The van der Waals surface area contributed by atoms with Gasteiger partial charge in [-0.05, 0) is 25.7 Å². The maximum Gasteiger partial charge on any atom is 0.315 e. The largest absolute Gasteiger partial charge is 0.481 e. The Kier molecular flexibility index (Phi) is 5.72. The molecule has 0 radical (unpaired) electrons. The summed E-state index contributed by atoms with van der Waals surface area (Å²) >= 11 is 0. The van der Waals surface area contributed by atoms with Crippen LogP contribution >= 0.6 is 0 Å². The second-order valence-electron chi connectivity index (χ2n) is 5.76. The lowest BCUT2D eigenvalue weighted by molar-refractivity contribution is -0.140. The van der Waals surface area contributed by atoms with Crippen LogP contribution in [0.2, 0.25) is 0 Å². The predicted molar refractivity (Wildman–Crippen MR) is 87.3 cm³/mol. The molecule has 8 nitrogen and oxygen atoms in total. The minimum Gasteiger partial charge on any atom is -0.481 e. The van der Waals surface area contributed by atoms with Crippen molar-refractivity contribution in [2.45, 2.75) is 36.5 Å². The van der Waals surface area contributed by atoms with Crippen molar-refractivity contribution in [2.75, 3.05) is 7.11 Å². The van der Waals surface area contributed by atoms with Gasteiger partial charge in [-0.2, -0.15) is 5.26 Å². The van der Waals surface area contributed by atoms with Crippen LogP contribution in [0.4, 0.5) is 0 Å². The molecule has 2 N–H and O–H groups in total. The van der Waals surface area contributed by atoms with Crippen molar-refractivity contribution >= 4 is 5.97 Å². The number of hydrogen-bond acceptors (Lipinski definition) is 7. The first-order chi connectivity index (χ1) is 12.1. The number of aliphatic hydroxyl groups excluding tert-OH is 1. The van der Waals surface area contributed by atoms with E-state index in [1.54, 1.807) is 24.8 Å². The molecule has 2 aliphatic rings. The molecular weight excluding hydrogens is 322 g/mol. The highest BCUT2D eigenvalue weighted by Crippen LogP contribution is 2.47. The Morgan fingerprint density at radius 3 is 1.84 bits per heavy atom. The number of rotatable bonds is 3. The Morgan fingerprint density at radius 2 is 1.52 bits per heavy atom. The topological polar surface area (TPSA) is 133 Å². The van der Waals surface area contributed by atoms with E-state index in [9.17, 15) is 4.79 Å². The van der Waals surface area contributed by atoms with Crippen molar-refractivity contribution in [3.05, 3.63) is 48.6 Å². The third kappa shape index (κ3) is 3.95. The minimum atomic E-state index is -0.789. The van der Waals surface area contributed by atoms with Crippen LogP contribution in [-0.4, -0.2) is 43.2 Å². The molecule has 0 unspecified atom stereocenters. The van der Waals surface area contributed by atoms with Crippen molar-refractivity contribution in [3.8, 4) is 6.07 Å². The first-order valence-corrected chi connectivity index (χ1v) is 7.75. The minimum absolute atomic E-state index is 0.283. The van der Waals surface area contributed by atoms with Gasteiger partial charge in [0.2, 0.25) is 0 Å². The van der Waals surface area contributed by atoms with Crippen LogP contribution in [0, 0.1) is 11.3 Å². The van der Waals surface area contributed by atoms with Crippen LogP contribution in [-0.2, 0) is 15.6 Å². The van der Waals surface area contributed by atoms with E-state index in [1.165, 1.54) is 12.4 Å². The van der Waals surface area contributed by atoms with E-state index in [0.29, 0.717) is 18.5 Å². The Hall–Kier alpha value is -2.92. The molecule has 130 valence electrons. The summed E-state index contributed by atoms with van der Waals surface area (Å²) in [7, 11) is 1.00. The van der Waals surface area contributed by atoms with E-state index >= 15 is 0 Å². The molecule has 25 heavy (non-hydrogen) atoms. The van der Waals surface area contributed by atoms with Crippen LogP contribution in [0.1, 0.15) is 37.1 Å². The van der Waals surface area contributed by atoms with E-state index in [1.807, 2.05) is 0 Å². The number of carboxylic acid groups (broad SMARTS) is 1. The standard InChI is InChI=1S/C8H7N3.C8H8N2O2.CH4O/c9-6-8(1-2-8)7-5-10-3-4-11-7;11-7(12)8(1-2-8)6-5-9-3-4-10-6;1-2/h3-5H,1-2H2;3-5H,1-2H2,(H,11,12);2H,1H3. The van der Waals surface area contributed by atoms with Gasteiger partial charge in [0.25, 0.3) is 0 Å². The number of carboxylic acids is 1. The Labute approximate surface area is 145 Å². The molecule has 0 amide bonds. The second kappa shape index (κ2) is 7.77. The number of nitriles is 1. The molecule has 2 aliphatic carbocycles. The molecule has 0 bridgehead atoms. The van der Waals surface area contributed by atoms with Crippen molar-refractivity contribution in [1.29, 1.82) is 5.26 Å². The zero-order valence-corrected chi connectivity index (χ0v) is 13.8. The van der Waals surface area contributed by atoms with Crippen LogP contribution in [0.25, 0.3) is 0 Å². The van der Waals surface area contributed by atoms with E-state index in [-0.39, 0.29) is 5.41 Å². The molecule has 2 aromatic heterocycles. The summed E-state index contributed by atoms with van der Waals surface area (Å²) in [6, 6.07) is 2.27. The molecule has 8 heteroatoms. The Morgan fingerprint density at radius 1 is 1.00 bits per heavy atom. The summed E-state index contributed by atoms with van der Waals surface area (Å²) in [5.74, 6) is -0.789. The van der Waals surface area contributed by atoms with Gasteiger partial charge < -0.3 is 10.2 Å². The molecule has 0 spiro atoms. The van der Waals surface area contributed by atoms with Crippen LogP contribution in [0.3, 0.4) is 0 Å². The van der Waals surface area contributed by atoms with Gasteiger partial charge in [-0.15, -0.1) is 0 Å². The highest BCUT2D eigenvalue weighted by atomic mass is 16.4. The van der Waals surface area contributed by atoms with Crippen molar-refractivity contribution in [2.24, 2.45) is 0 Å². The lowest BCUT2D eigenvalue weighted by Gasteiger charge is -2.06. The van der Waals surface area contributed by atoms with E-state index in [2.05, 4.69) is 26.0 Å². The van der Waals surface area contributed by atoms with Gasteiger partial charge in [0.1, 0.15) is 10.8 Å². The van der Waals surface area contributed by atoms with Crippen molar-refractivity contribution in [1.82, 2.24) is 19.9 Å². The lowest BCUT2D eigenvalue weighted by Crippen LogP contribution is -2.20. The van der Waals surface area contributed by atoms with E-state index in [4.69, 9.17) is 15.5 Å². The highest BCUT2D eigenvalue weighted by molar-refractivity contribution is 5.84. The van der Waals surface area contributed by atoms with Crippen LogP contribution in [0.15, 0.2) is 37.2 Å². The molecule has 0 aromatic carbocycles.